The minimum atomic E-state index is -1.79. The number of carboxylic acid groups (broad SMARTS) is 1. The predicted octanol–water partition coefficient (Wildman–Crippen LogP) is -4.60. The second-order valence-electron chi connectivity index (χ2n) is 3.96. The fourth-order valence-electron chi connectivity index (χ4n) is 0.824. The molecule has 0 aromatic carbocycles. The molecule has 0 saturated heterocycles. The number of aliphatic carboxylic acids is 1. The SMILES string of the molecule is C[C@@H](O)[C@H](N)C(=O)O.O=C[C@H](O)[C@@H](O)[C@H](O)[C@H](O)CO. The van der Waals surface area contributed by atoms with Crippen molar-refractivity contribution in [3.05, 3.63) is 0 Å². The standard InChI is InChI=1S/C6H12O6.C4H9NO3/c7-1-3(9)5(11)6(12)4(10)2-8;1-2(6)3(5)4(7)8/h1,3-6,8-12H,2H2;2-3,6H,5H2,1H3,(H,7,8)/t3-,4+,5+,6+;2-,3+/m01/s1. The van der Waals surface area contributed by atoms with E-state index in [9.17, 15) is 9.59 Å². The first-order valence-corrected chi connectivity index (χ1v) is 5.54. The van der Waals surface area contributed by atoms with Crippen LogP contribution in [-0.2, 0) is 9.59 Å². The maximum Gasteiger partial charge on any atom is 0.323 e. The number of hydrogen-bond acceptors (Lipinski definition) is 9. The summed E-state index contributed by atoms with van der Waals surface area (Å²) in [5.74, 6) is -1.18. The van der Waals surface area contributed by atoms with Gasteiger partial charge in [-0.3, -0.25) is 4.79 Å². The minimum absolute atomic E-state index is 0.0258. The molecule has 0 unspecified atom stereocenters. The lowest BCUT2D eigenvalue weighted by Crippen LogP contribution is -2.46. The molecular weight excluding hydrogens is 278 g/mol. The third kappa shape index (κ3) is 8.12. The normalized spacial score (nSPS) is 19.6. The van der Waals surface area contributed by atoms with E-state index in [0.717, 1.165) is 0 Å². The van der Waals surface area contributed by atoms with Crippen LogP contribution < -0.4 is 5.73 Å². The average Bonchev–Trinajstić information content (AvgIpc) is 2.43. The fraction of sp³-hybridized carbons (Fsp3) is 0.800. The highest BCUT2D eigenvalue weighted by Crippen LogP contribution is 2.02. The van der Waals surface area contributed by atoms with Crippen molar-refractivity contribution < 1.29 is 45.3 Å². The molecule has 0 bridgehead atoms. The van der Waals surface area contributed by atoms with Gasteiger partial charge in [-0.05, 0) is 6.92 Å². The van der Waals surface area contributed by atoms with Crippen LogP contribution in [0, 0.1) is 0 Å². The molecule has 0 radical (unpaired) electrons. The van der Waals surface area contributed by atoms with Gasteiger partial charge in [-0.1, -0.05) is 0 Å². The summed E-state index contributed by atoms with van der Waals surface area (Å²) < 4.78 is 0. The van der Waals surface area contributed by atoms with Gasteiger partial charge in [0.15, 0.2) is 6.29 Å². The van der Waals surface area contributed by atoms with Crippen molar-refractivity contribution in [2.24, 2.45) is 5.73 Å². The van der Waals surface area contributed by atoms with E-state index in [-0.39, 0.29) is 6.29 Å². The van der Waals surface area contributed by atoms with Gasteiger partial charge < -0.3 is 46.3 Å². The monoisotopic (exact) mass is 299 g/mol. The summed E-state index contributed by atoms with van der Waals surface area (Å²) in [6.45, 7) is 0.572. The Morgan fingerprint density at radius 2 is 1.60 bits per heavy atom. The Hall–Kier alpha value is -1.14. The van der Waals surface area contributed by atoms with Crippen LogP contribution in [0.2, 0.25) is 0 Å². The van der Waals surface area contributed by atoms with E-state index in [4.69, 9.17) is 41.5 Å². The highest BCUT2D eigenvalue weighted by molar-refractivity contribution is 5.73. The van der Waals surface area contributed by atoms with E-state index in [1.54, 1.807) is 0 Å². The lowest BCUT2D eigenvalue weighted by atomic mass is 10.0. The molecule has 10 nitrogen and oxygen atoms in total. The van der Waals surface area contributed by atoms with Gasteiger partial charge in [0.25, 0.3) is 0 Å². The molecule has 20 heavy (non-hydrogen) atoms. The molecule has 0 aliphatic carbocycles. The third-order valence-corrected chi connectivity index (χ3v) is 2.23. The lowest BCUT2D eigenvalue weighted by Gasteiger charge is -2.22. The van der Waals surface area contributed by atoms with Crippen molar-refractivity contribution in [2.75, 3.05) is 6.61 Å². The van der Waals surface area contributed by atoms with Crippen LogP contribution in [0.4, 0.5) is 0 Å². The maximum atomic E-state index is 9.90. The number of rotatable bonds is 7. The van der Waals surface area contributed by atoms with Crippen LogP contribution >= 0.6 is 0 Å². The van der Waals surface area contributed by atoms with E-state index < -0.39 is 49.1 Å². The number of aldehydes is 1. The predicted molar refractivity (Wildman–Crippen MR) is 64.5 cm³/mol. The van der Waals surface area contributed by atoms with Gasteiger partial charge in [0.05, 0.1) is 12.7 Å². The van der Waals surface area contributed by atoms with Gasteiger partial charge in [0, 0.05) is 0 Å². The number of aliphatic hydroxyl groups is 6. The summed E-state index contributed by atoms with van der Waals surface area (Å²) in [4.78, 5) is 19.8. The number of carbonyl (C=O) groups excluding carboxylic acids is 1. The van der Waals surface area contributed by atoms with E-state index in [0.29, 0.717) is 0 Å². The van der Waals surface area contributed by atoms with E-state index in [1.165, 1.54) is 6.92 Å². The Balaban J connectivity index is 0. The van der Waals surface area contributed by atoms with Crippen molar-refractivity contribution >= 4 is 12.3 Å². The molecule has 0 aromatic heterocycles. The summed E-state index contributed by atoms with van der Waals surface area (Å²) in [6.07, 6.45) is -7.82. The van der Waals surface area contributed by atoms with E-state index in [2.05, 4.69) is 0 Å². The second kappa shape index (κ2) is 10.6. The topological polar surface area (TPSA) is 202 Å². The summed E-state index contributed by atoms with van der Waals surface area (Å²) in [6, 6.07) is -1.16. The van der Waals surface area contributed by atoms with Crippen LogP contribution in [0.3, 0.4) is 0 Å². The number of nitrogens with two attached hydrogens (primary N) is 1. The first kappa shape index (κ1) is 21.2. The molecule has 0 aliphatic heterocycles. The molecule has 0 rings (SSSR count). The molecule has 10 heteroatoms. The molecule has 0 aromatic rings. The molecule has 120 valence electrons. The molecule has 0 spiro atoms. The van der Waals surface area contributed by atoms with Crippen LogP contribution in [0.1, 0.15) is 6.92 Å². The summed E-state index contributed by atoms with van der Waals surface area (Å²) in [7, 11) is 0. The number of hydrogen-bond donors (Lipinski definition) is 8. The molecule has 0 aliphatic rings. The van der Waals surface area contributed by atoms with Crippen LogP contribution in [0.25, 0.3) is 0 Å². The third-order valence-electron chi connectivity index (χ3n) is 2.23. The first-order chi connectivity index (χ1) is 9.09. The molecular formula is C10H21NO9. The molecule has 0 saturated carbocycles. The van der Waals surface area contributed by atoms with Gasteiger partial charge in [-0.2, -0.15) is 0 Å². The summed E-state index contributed by atoms with van der Waals surface area (Å²) in [5, 5.41) is 60.1. The Morgan fingerprint density at radius 1 is 1.15 bits per heavy atom. The molecule has 0 amide bonds. The van der Waals surface area contributed by atoms with Gasteiger partial charge in [-0.15, -0.1) is 0 Å². The molecule has 6 atom stereocenters. The Labute approximate surface area is 114 Å². The maximum absolute atomic E-state index is 9.90. The zero-order valence-electron chi connectivity index (χ0n) is 10.8. The fourth-order valence-corrected chi connectivity index (χ4v) is 0.824. The largest absolute Gasteiger partial charge is 0.480 e. The molecule has 9 N–H and O–H groups in total. The van der Waals surface area contributed by atoms with E-state index in [1.807, 2.05) is 0 Å². The van der Waals surface area contributed by atoms with Gasteiger partial charge >= 0.3 is 5.97 Å². The van der Waals surface area contributed by atoms with E-state index >= 15 is 0 Å². The summed E-state index contributed by atoms with van der Waals surface area (Å²) >= 11 is 0. The van der Waals surface area contributed by atoms with Gasteiger partial charge in [0.2, 0.25) is 0 Å². The average molecular weight is 299 g/mol. The second-order valence-corrected chi connectivity index (χ2v) is 3.96. The highest BCUT2D eigenvalue weighted by atomic mass is 16.4. The Bertz CT molecular complexity index is 286. The summed E-state index contributed by atoms with van der Waals surface area (Å²) in [5.41, 5.74) is 4.91. The van der Waals surface area contributed by atoms with Crippen molar-refractivity contribution in [3.8, 4) is 0 Å². The highest BCUT2D eigenvalue weighted by Gasteiger charge is 2.29. The van der Waals surface area contributed by atoms with Crippen LogP contribution in [0.5, 0.6) is 0 Å². The Kier molecular flexibility index (Phi) is 11.2. The van der Waals surface area contributed by atoms with Gasteiger partial charge in [0.1, 0.15) is 30.5 Å². The number of aliphatic hydroxyl groups excluding tert-OH is 6. The van der Waals surface area contributed by atoms with Crippen molar-refractivity contribution in [1.29, 1.82) is 0 Å². The lowest BCUT2D eigenvalue weighted by molar-refractivity contribution is -0.140. The van der Waals surface area contributed by atoms with Crippen molar-refractivity contribution in [1.82, 2.24) is 0 Å². The smallest absolute Gasteiger partial charge is 0.323 e. The van der Waals surface area contributed by atoms with Crippen LogP contribution in [-0.4, -0.2) is 91.2 Å². The first-order valence-electron chi connectivity index (χ1n) is 5.54. The molecule has 0 heterocycles. The quantitative estimate of drug-likeness (QED) is 0.211. The van der Waals surface area contributed by atoms with Crippen molar-refractivity contribution in [3.63, 3.8) is 0 Å². The Morgan fingerprint density at radius 3 is 1.80 bits per heavy atom. The van der Waals surface area contributed by atoms with Crippen molar-refractivity contribution in [2.45, 2.75) is 43.5 Å². The minimum Gasteiger partial charge on any atom is -0.480 e. The van der Waals surface area contributed by atoms with Gasteiger partial charge in [-0.25, -0.2) is 0 Å². The zero-order chi connectivity index (χ0) is 16.5. The zero-order valence-corrected chi connectivity index (χ0v) is 10.8. The molecule has 0 fully saturated rings. The number of carbonyl (C=O) groups is 2. The van der Waals surface area contributed by atoms with Crippen LogP contribution in [0.15, 0.2) is 0 Å². The number of carboxylic acids is 1.